The number of hydrogen-bond donors (Lipinski definition) is 2. The quantitative estimate of drug-likeness (QED) is 0.253. The first-order valence-corrected chi connectivity index (χ1v) is 12.5. The van der Waals surface area contributed by atoms with Crippen molar-refractivity contribution in [3.05, 3.63) is 70.1 Å². The van der Waals surface area contributed by atoms with Gasteiger partial charge in [-0.3, -0.25) is 0 Å². The zero-order chi connectivity index (χ0) is 24.6. The molecule has 0 saturated heterocycles. The Morgan fingerprint density at radius 2 is 1.61 bits per heavy atom. The largest absolute Gasteiger partial charge is 0.480 e. The van der Waals surface area contributed by atoms with Crippen molar-refractivity contribution in [2.45, 2.75) is 79.2 Å². The molecule has 0 bridgehead atoms. The molecule has 1 aromatic heterocycles. The molecule has 2 N–H and O–H groups in total. The molecule has 0 aliphatic heterocycles. The number of carbonyl (C=O) groups is 1. The average Bonchev–Trinajstić information content (AvgIpc) is 2.72. The van der Waals surface area contributed by atoms with Crippen LogP contribution < -0.4 is 5.32 Å². The van der Waals surface area contributed by atoms with Crippen molar-refractivity contribution in [2.75, 3.05) is 11.1 Å². The molecule has 0 saturated carbocycles. The van der Waals surface area contributed by atoms with Gasteiger partial charge in [0.2, 0.25) is 0 Å². The molecule has 1 heterocycles. The molecule has 1 unspecified atom stereocenters. The summed E-state index contributed by atoms with van der Waals surface area (Å²) in [5.74, 6) is -0.880. The number of thioether (sulfide) groups is 1. The van der Waals surface area contributed by atoms with Gasteiger partial charge in [-0.1, -0.05) is 40.5 Å². The van der Waals surface area contributed by atoms with Crippen molar-refractivity contribution in [1.82, 2.24) is 4.98 Å². The molecular formula is C27H39FN2O2S. The first-order chi connectivity index (χ1) is 15.7. The number of carboxylic acid groups (broad SMARTS) is 1. The maximum Gasteiger partial charge on any atom is 0.327 e. The van der Waals surface area contributed by atoms with E-state index in [1.54, 1.807) is 0 Å². The number of aliphatic carboxylic acids is 1. The average molecular weight is 475 g/mol. The third kappa shape index (κ3) is 14.4. The molecule has 0 aromatic carbocycles. The van der Waals surface area contributed by atoms with Crippen LogP contribution in [0.15, 0.2) is 64.3 Å². The Labute approximate surface area is 203 Å². The normalized spacial score (nSPS) is 13.6. The van der Waals surface area contributed by atoms with E-state index in [2.05, 4.69) is 63.1 Å². The Morgan fingerprint density at radius 1 is 1.03 bits per heavy atom. The van der Waals surface area contributed by atoms with Gasteiger partial charge in [-0.25, -0.2) is 14.2 Å². The van der Waals surface area contributed by atoms with E-state index in [0.29, 0.717) is 5.75 Å². The van der Waals surface area contributed by atoms with Crippen LogP contribution in [0.25, 0.3) is 0 Å². The fraction of sp³-hybridized carbons (Fsp3) is 0.481. The monoisotopic (exact) mass is 474 g/mol. The van der Waals surface area contributed by atoms with E-state index in [9.17, 15) is 14.3 Å². The summed E-state index contributed by atoms with van der Waals surface area (Å²) in [7, 11) is 0. The molecule has 0 amide bonds. The molecule has 1 atom stereocenters. The van der Waals surface area contributed by atoms with E-state index in [4.69, 9.17) is 0 Å². The molecular weight excluding hydrogens is 435 g/mol. The first kappa shape index (κ1) is 28.7. The minimum absolute atomic E-state index is 0.224. The van der Waals surface area contributed by atoms with Gasteiger partial charge in [0.05, 0.1) is 0 Å². The Morgan fingerprint density at radius 3 is 2.15 bits per heavy atom. The highest BCUT2D eigenvalue weighted by atomic mass is 32.2. The van der Waals surface area contributed by atoms with Gasteiger partial charge in [0.25, 0.3) is 0 Å². The highest BCUT2D eigenvalue weighted by Gasteiger charge is 2.17. The standard InChI is InChI=1S/C27H39FN2O2S/c1-20(2)9-6-10-21(3)11-7-12-22(4)13-8-14-23(5)18-33-19-25(27(31)32)30-26-17-24(28)15-16-29-26/h9,11,13,15-18,25H,6-8,10,12,14,19H2,1-5H3,(H,29,30)(H,31,32). The van der Waals surface area contributed by atoms with E-state index >= 15 is 0 Å². The summed E-state index contributed by atoms with van der Waals surface area (Å²) in [4.78, 5) is 15.4. The zero-order valence-electron chi connectivity index (χ0n) is 20.7. The number of hydrogen-bond acceptors (Lipinski definition) is 4. The lowest BCUT2D eigenvalue weighted by Crippen LogP contribution is -2.31. The van der Waals surface area contributed by atoms with Gasteiger partial charge >= 0.3 is 5.97 Å². The summed E-state index contributed by atoms with van der Waals surface area (Å²) in [5, 5.41) is 14.2. The van der Waals surface area contributed by atoms with Crippen LogP contribution in [-0.4, -0.2) is 27.9 Å². The molecule has 1 aromatic rings. The summed E-state index contributed by atoms with van der Waals surface area (Å²) in [6.45, 7) is 10.7. The van der Waals surface area contributed by atoms with E-state index in [0.717, 1.165) is 38.5 Å². The second-order valence-corrected chi connectivity index (χ2v) is 9.59. The van der Waals surface area contributed by atoms with Crippen LogP contribution in [0, 0.1) is 5.82 Å². The van der Waals surface area contributed by atoms with Crippen LogP contribution in [0.4, 0.5) is 10.2 Å². The maximum atomic E-state index is 13.3. The molecule has 6 heteroatoms. The number of allylic oxidation sites excluding steroid dienone is 7. The molecule has 182 valence electrons. The first-order valence-electron chi connectivity index (χ1n) is 11.5. The fourth-order valence-corrected chi connectivity index (χ4v) is 3.98. The van der Waals surface area contributed by atoms with Crippen LogP contribution in [0.1, 0.15) is 73.1 Å². The summed E-state index contributed by atoms with van der Waals surface area (Å²) in [6.07, 6.45) is 14.6. The van der Waals surface area contributed by atoms with E-state index < -0.39 is 17.8 Å². The van der Waals surface area contributed by atoms with E-state index in [-0.39, 0.29) is 5.82 Å². The van der Waals surface area contributed by atoms with Crippen molar-refractivity contribution in [1.29, 1.82) is 0 Å². The van der Waals surface area contributed by atoms with Crippen LogP contribution in [0.5, 0.6) is 0 Å². The van der Waals surface area contributed by atoms with Gasteiger partial charge in [0.1, 0.15) is 17.7 Å². The number of carboxylic acids is 1. The smallest absolute Gasteiger partial charge is 0.327 e. The maximum absolute atomic E-state index is 13.3. The Bertz CT molecular complexity index is 871. The fourth-order valence-electron chi connectivity index (χ4n) is 3.07. The highest BCUT2D eigenvalue weighted by Crippen LogP contribution is 2.17. The van der Waals surface area contributed by atoms with Gasteiger partial charge in [0.15, 0.2) is 0 Å². The topological polar surface area (TPSA) is 62.2 Å². The predicted molar refractivity (Wildman–Crippen MR) is 140 cm³/mol. The van der Waals surface area contributed by atoms with Crippen LogP contribution >= 0.6 is 11.8 Å². The number of anilines is 1. The lowest BCUT2D eigenvalue weighted by Gasteiger charge is -2.14. The summed E-state index contributed by atoms with van der Waals surface area (Å²) < 4.78 is 13.3. The molecule has 4 nitrogen and oxygen atoms in total. The summed E-state index contributed by atoms with van der Waals surface area (Å²) >= 11 is 1.45. The van der Waals surface area contributed by atoms with E-state index in [1.807, 2.05) is 5.41 Å². The number of nitrogens with zero attached hydrogens (tertiary/aromatic N) is 1. The molecule has 0 aliphatic rings. The zero-order valence-corrected chi connectivity index (χ0v) is 21.5. The molecule has 0 spiro atoms. The Balaban J connectivity index is 2.36. The van der Waals surface area contributed by atoms with Gasteiger partial charge in [-0.05, 0) is 84.6 Å². The van der Waals surface area contributed by atoms with Crippen LogP contribution in [-0.2, 0) is 4.79 Å². The minimum Gasteiger partial charge on any atom is -0.480 e. The van der Waals surface area contributed by atoms with Crippen molar-refractivity contribution >= 4 is 23.5 Å². The third-order valence-electron chi connectivity index (χ3n) is 5.04. The Hall–Kier alpha value is -2.34. The minimum atomic E-state index is -0.987. The van der Waals surface area contributed by atoms with Crippen LogP contribution in [0.3, 0.4) is 0 Å². The van der Waals surface area contributed by atoms with Crippen molar-refractivity contribution in [2.24, 2.45) is 0 Å². The number of halogens is 1. The lowest BCUT2D eigenvalue weighted by atomic mass is 10.0. The molecule has 0 radical (unpaired) electrons. The lowest BCUT2D eigenvalue weighted by molar-refractivity contribution is -0.137. The van der Waals surface area contributed by atoms with Crippen molar-refractivity contribution < 1.29 is 14.3 Å². The number of nitrogens with one attached hydrogen (secondary N) is 1. The third-order valence-corrected chi connectivity index (χ3v) is 6.14. The summed E-state index contributed by atoms with van der Waals surface area (Å²) in [5.41, 5.74) is 5.45. The van der Waals surface area contributed by atoms with Gasteiger partial charge in [0, 0.05) is 18.0 Å². The van der Waals surface area contributed by atoms with E-state index in [1.165, 1.54) is 52.4 Å². The number of rotatable bonds is 15. The molecule has 0 fully saturated rings. The number of aromatic nitrogens is 1. The SMILES string of the molecule is CC(C)=CCCC(C)=CCCC(C)=CCCC(C)=CSCC(Nc1cc(F)ccn1)C(=O)O. The van der Waals surface area contributed by atoms with Crippen molar-refractivity contribution in [3.8, 4) is 0 Å². The van der Waals surface area contributed by atoms with Gasteiger partial charge in [-0.2, -0.15) is 0 Å². The van der Waals surface area contributed by atoms with Crippen molar-refractivity contribution in [3.63, 3.8) is 0 Å². The Kier molecular flexibility index (Phi) is 14.2. The van der Waals surface area contributed by atoms with Gasteiger partial charge in [-0.15, -0.1) is 11.8 Å². The molecule has 1 rings (SSSR count). The number of pyridine rings is 1. The van der Waals surface area contributed by atoms with Crippen LogP contribution in [0.2, 0.25) is 0 Å². The molecule has 0 aliphatic carbocycles. The summed E-state index contributed by atoms with van der Waals surface area (Å²) in [6, 6.07) is 1.58. The molecule has 33 heavy (non-hydrogen) atoms. The van der Waals surface area contributed by atoms with Gasteiger partial charge < -0.3 is 10.4 Å². The second-order valence-electron chi connectivity index (χ2n) is 8.69. The second kappa shape index (κ2) is 16.3. The highest BCUT2D eigenvalue weighted by molar-refractivity contribution is 8.02. The predicted octanol–water partition coefficient (Wildman–Crippen LogP) is 7.92.